The van der Waals surface area contributed by atoms with Gasteiger partial charge in [-0.1, -0.05) is 60.7 Å². The van der Waals surface area contributed by atoms with Crippen molar-refractivity contribution in [1.29, 1.82) is 0 Å². The van der Waals surface area contributed by atoms with Gasteiger partial charge in [0.2, 0.25) is 5.91 Å². The number of halogens is 3. The lowest BCUT2D eigenvalue weighted by Gasteiger charge is -2.42. The molecular formula is C34H37ClF2N2O3. The van der Waals surface area contributed by atoms with Gasteiger partial charge in [-0.2, -0.15) is 0 Å². The highest BCUT2D eigenvalue weighted by Crippen LogP contribution is 2.42. The van der Waals surface area contributed by atoms with E-state index in [1.807, 2.05) is 60.7 Å². The second-order valence-corrected chi connectivity index (χ2v) is 10.4. The third-order valence-corrected chi connectivity index (χ3v) is 7.89. The number of rotatable bonds is 9. The first-order valence-electron chi connectivity index (χ1n) is 13.8. The van der Waals surface area contributed by atoms with Crippen molar-refractivity contribution >= 4 is 29.7 Å². The number of nitrogens with zero attached hydrogens (tertiary/aromatic N) is 2. The number of piperidine rings is 1. The third-order valence-electron chi connectivity index (χ3n) is 7.89. The monoisotopic (exact) mass is 594 g/mol. The van der Waals surface area contributed by atoms with E-state index in [9.17, 15) is 18.7 Å². The molecule has 0 unspecified atom stereocenters. The number of aliphatic hydroxyl groups is 1. The highest BCUT2D eigenvalue weighted by molar-refractivity contribution is 6.00. The smallest absolute Gasteiger partial charge is 0.231 e. The Hall–Kier alpha value is -3.62. The summed E-state index contributed by atoms with van der Waals surface area (Å²) < 4.78 is 27.4. The summed E-state index contributed by atoms with van der Waals surface area (Å²) in [6, 6.07) is 31.2. The molecule has 0 aliphatic carbocycles. The van der Waals surface area contributed by atoms with Crippen molar-refractivity contribution in [2.75, 3.05) is 24.5 Å². The van der Waals surface area contributed by atoms with Gasteiger partial charge in [-0.3, -0.25) is 9.69 Å². The van der Waals surface area contributed by atoms with Gasteiger partial charge in [0.15, 0.2) is 0 Å². The van der Waals surface area contributed by atoms with Crippen LogP contribution < -0.4 is 4.90 Å². The maximum atomic E-state index is 13.7. The summed E-state index contributed by atoms with van der Waals surface area (Å²) in [5.41, 5.74) is 1.55. The standard InChI is InChI=1S/C34H34F2N2O2.ClH.H2O/c35-29-17-13-26(14-18-29)34(40,27-15-19-30(36)20-16-27)28-21-24-37(25-22-28)23-7-12-33(39)38(31-8-3-1-4-9-31)32-10-5-2-6-11-32;;/h1-6,8-11,13-20,28,40H,7,12,21-25H2;1H;1H2. The highest BCUT2D eigenvalue weighted by atomic mass is 35.5. The number of benzene rings is 4. The predicted molar refractivity (Wildman–Crippen MR) is 165 cm³/mol. The molecule has 0 atom stereocenters. The van der Waals surface area contributed by atoms with Crippen LogP contribution in [0, 0.1) is 17.6 Å². The minimum Gasteiger partial charge on any atom is -0.412 e. The Morgan fingerprint density at radius 1 is 0.762 bits per heavy atom. The molecule has 1 aliphatic heterocycles. The predicted octanol–water partition coefficient (Wildman–Crippen LogP) is 6.65. The van der Waals surface area contributed by atoms with Crippen LogP contribution in [0.1, 0.15) is 36.8 Å². The minimum atomic E-state index is -1.35. The van der Waals surface area contributed by atoms with Gasteiger partial charge in [0.05, 0.1) is 0 Å². The van der Waals surface area contributed by atoms with E-state index in [1.54, 1.807) is 29.2 Å². The van der Waals surface area contributed by atoms with E-state index in [1.165, 1.54) is 24.3 Å². The summed E-state index contributed by atoms with van der Waals surface area (Å²) in [6.07, 6.45) is 2.58. The molecule has 1 aliphatic rings. The molecule has 42 heavy (non-hydrogen) atoms. The zero-order valence-electron chi connectivity index (χ0n) is 23.3. The molecule has 4 aromatic rings. The molecule has 1 heterocycles. The topological polar surface area (TPSA) is 75.3 Å². The van der Waals surface area contributed by atoms with Gasteiger partial charge in [0, 0.05) is 17.8 Å². The molecule has 0 radical (unpaired) electrons. The Bertz CT molecular complexity index is 1300. The summed E-state index contributed by atoms with van der Waals surface area (Å²) in [4.78, 5) is 17.5. The molecule has 222 valence electrons. The molecule has 0 spiro atoms. The largest absolute Gasteiger partial charge is 0.412 e. The molecule has 1 saturated heterocycles. The van der Waals surface area contributed by atoms with Crippen molar-refractivity contribution in [2.45, 2.75) is 31.3 Å². The van der Waals surface area contributed by atoms with E-state index in [-0.39, 0.29) is 41.3 Å². The van der Waals surface area contributed by atoms with E-state index >= 15 is 0 Å². The molecule has 5 nitrogen and oxygen atoms in total. The number of amides is 1. The molecule has 3 N–H and O–H groups in total. The molecule has 0 aromatic heterocycles. The summed E-state index contributed by atoms with van der Waals surface area (Å²) in [5, 5.41) is 12.1. The van der Waals surface area contributed by atoms with Crippen LogP contribution in [0.3, 0.4) is 0 Å². The van der Waals surface area contributed by atoms with Crippen molar-refractivity contribution in [3.05, 3.63) is 132 Å². The minimum absolute atomic E-state index is 0. The fourth-order valence-corrected chi connectivity index (χ4v) is 5.78. The van der Waals surface area contributed by atoms with Crippen LogP contribution in [0.25, 0.3) is 0 Å². The lowest BCUT2D eigenvalue weighted by molar-refractivity contribution is -0.118. The number of carbonyl (C=O) groups excluding carboxylic acids is 1. The van der Waals surface area contributed by atoms with Crippen LogP contribution in [-0.2, 0) is 10.4 Å². The number of likely N-dealkylation sites (tertiary alicyclic amines) is 1. The quantitative estimate of drug-likeness (QED) is 0.236. The Labute approximate surface area is 252 Å². The maximum absolute atomic E-state index is 13.7. The molecule has 1 fully saturated rings. The summed E-state index contributed by atoms with van der Waals surface area (Å²) >= 11 is 0. The number of hydrogen-bond acceptors (Lipinski definition) is 3. The van der Waals surface area contributed by atoms with Gasteiger partial charge in [-0.05, 0) is 104 Å². The molecule has 4 aromatic carbocycles. The van der Waals surface area contributed by atoms with Gasteiger partial charge in [0.25, 0.3) is 0 Å². The van der Waals surface area contributed by atoms with E-state index in [2.05, 4.69) is 4.90 Å². The van der Waals surface area contributed by atoms with E-state index in [4.69, 9.17) is 0 Å². The Morgan fingerprint density at radius 3 is 1.62 bits per heavy atom. The fraction of sp³-hybridized carbons (Fsp3) is 0.265. The number of para-hydroxylation sites is 2. The molecule has 0 saturated carbocycles. The fourth-order valence-electron chi connectivity index (χ4n) is 5.78. The third kappa shape index (κ3) is 7.41. The lowest BCUT2D eigenvalue weighted by Crippen LogP contribution is -2.44. The van der Waals surface area contributed by atoms with Gasteiger partial charge in [0.1, 0.15) is 17.2 Å². The molecule has 5 rings (SSSR count). The SMILES string of the molecule is Cl.O.O=C(CCCN1CCC(C(O)(c2ccc(F)cc2)c2ccc(F)cc2)CC1)N(c1ccccc1)c1ccccc1. The molecule has 8 heteroatoms. The van der Waals surface area contributed by atoms with Crippen molar-refractivity contribution in [3.8, 4) is 0 Å². The second kappa shape index (κ2) is 15.0. The van der Waals surface area contributed by atoms with E-state index in [0.717, 1.165) is 50.3 Å². The van der Waals surface area contributed by atoms with Gasteiger partial charge in [-0.15, -0.1) is 12.4 Å². The van der Waals surface area contributed by atoms with E-state index < -0.39 is 5.60 Å². The Kier molecular flexibility index (Phi) is 11.8. The van der Waals surface area contributed by atoms with Crippen LogP contribution in [0.2, 0.25) is 0 Å². The van der Waals surface area contributed by atoms with Gasteiger partial charge < -0.3 is 15.5 Å². The van der Waals surface area contributed by atoms with Crippen molar-refractivity contribution in [2.24, 2.45) is 5.92 Å². The number of hydrogen-bond donors (Lipinski definition) is 1. The zero-order chi connectivity index (χ0) is 28.0. The summed E-state index contributed by atoms with van der Waals surface area (Å²) in [6.45, 7) is 2.32. The lowest BCUT2D eigenvalue weighted by atomic mass is 9.72. The Morgan fingerprint density at radius 2 is 1.19 bits per heavy atom. The molecule has 1 amide bonds. The average Bonchev–Trinajstić information content (AvgIpc) is 2.99. The average molecular weight is 595 g/mol. The van der Waals surface area contributed by atoms with Crippen LogP contribution in [0.5, 0.6) is 0 Å². The second-order valence-electron chi connectivity index (χ2n) is 10.4. The maximum Gasteiger partial charge on any atom is 0.231 e. The van der Waals surface area contributed by atoms with Crippen LogP contribution in [0.4, 0.5) is 20.2 Å². The summed E-state index contributed by atoms with van der Waals surface area (Å²) in [7, 11) is 0. The van der Waals surface area contributed by atoms with Crippen molar-refractivity contribution in [3.63, 3.8) is 0 Å². The first kappa shape index (κ1) is 32.9. The van der Waals surface area contributed by atoms with Gasteiger partial charge in [-0.25, -0.2) is 8.78 Å². The van der Waals surface area contributed by atoms with Crippen molar-refractivity contribution in [1.82, 2.24) is 4.90 Å². The first-order chi connectivity index (χ1) is 19.4. The zero-order valence-corrected chi connectivity index (χ0v) is 24.1. The molecular weight excluding hydrogens is 558 g/mol. The van der Waals surface area contributed by atoms with Crippen LogP contribution in [-0.4, -0.2) is 41.0 Å². The van der Waals surface area contributed by atoms with Crippen molar-refractivity contribution < 1.29 is 24.2 Å². The van der Waals surface area contributed by atoms with Crippen LogP contribution >= 0.6 is 12.4 Å². The number of carbonyl (C=O) groups is 1. The Balaban J connectivity index is 0.00000242. The summed E-state index contributed by atoms with van der Waals surface area (Å²) in [5.74, 6) is -0.803. The van der Waals surface area contributed by atoms with E-state index in [0.29, 0.717) is 17.5 Å². The first-order valence-corrected chi connectivity index (χ1v) is 13.8. The normalized spacial score (nSPS) is 14.0. The number of anilines is 2. The van der Waals surface area contributed by atoms with Gasteiger partial charge >= 0.3 is 0 Å². The highest BCUT2D eigenvalue weighted by Gasteiger charge is 2.41. The molecule has 0 bridgehead atoms. The van der Waals surface area contributed by atoms with Crippen LogP contribution in [0.15, 0.2) is 109 Å².